The van der Waals surface area contributed by atoms with Crippen molar-refractivity contribution in [2.75, 3.05) is 7.11 Å². The summed E-state index contributed by atoms with van der Waals surface area (Å²) in [5, 5.41) is 20.4. The molecule has 9 nitrogen and oxygen atoms in total. The molecule has 0 saturated heterocycles. The van der Waals surface area contributed by atoms with Crippen LogP contribution in [0.4, 0.5) is 5.69 Å². The number of hydrogen-bond donors (Lipinski definition) is 2. The van der Waals surface area contributed by atoms with Crippen LogP contribution in [0.2, 0.25) is 0 Å². The number of carbonyl (C=O) groups excluding carboxylic acids is 2. The molecule has 1 unspecified atom stereocenters. The van der Waals surface area contributed by atoms with Crippen LogP contribution in [0.1, 0.15) is 22.1 Å². The Morgan fingerprint density at radius 3 is 2.59 bits per heavy atom. The van der Waals surface area contributed by atoms with Crippen LogP contribution in [0.5, 0.6) is 0 Å². The number of aromatic amines is 1. The topological polar surface area (TPSA) is 127 Å². The van der Waals surface area contributed by atoms with Gasteiger partial charge in [-0.3, -0.25) is 20.0 Å². The zero-order chi connectivity index (χ0) is 19.6. The van der Waals surface area contributed by atoms with E-state index in [1.165, 1.54) is 25.3 Å². The summed E-state index contributed by atoms with van der Waals surface area (Å²) in [6.07, 6.45) is 0. The first-order valence-corrected chi connectivity index (χ1v) is 8.46. The van der Waals surface area contributed by atoms with E-state index in [4.69, 9.17) is 4.74 Å². The molecule has 0 aliphatic rings. The Morgan fingerprint density at radius 1 is 1.26 bits per heavy atom. The Balaban J connectivity index is 1.95. The van der Waals surface area contributed by atoms with Crippen molar-refractivity contribution >= 4 is 44.4 Å². The third kappa shape index (κ3) is 3.80. The predicted molar refractivity (Wildman–Crippen MR) is 99.1 cm³/mol. The van der Waals surface area contributed by atoms with Crippen molar-refractivity contribution in [2.45, 2.75) is 6.04 Å². The molecule has 0 saturated carbocycles. The van der Waals surface area contributed by atoms with Gasteiger partial charge in [-0.15, -0.1) is 0 Å². The molecular weight excluding hydrogens is 420 g/mol. The Kier molecular flexibility index (Phi) is 5.17. The minimum atomic E-state index is -1.05. The van der Waals surface area contributed by atoms with Gasteiger partial charge in [-0.1, -0.05) is 28.1 Å². The summed E-state index contributed by atoms with van der Waals surface area (Å²) in [6.45, 7) is 0. The minimum Gasteiger partial charge on any atom is -0.467 e. The van der Waals surface area contributed by atoms with E-state index in [-0.39, 0.29) is 16.8 Å². The third-order valence-electron chi connectivity index (χ3n) is 3.89. The highest BCUT2D eigenvalue weighted by Gasteiger charge is 2.26. The second-order valence-corrected chi connectivity index (χ2v) is 6.46. The summed E-state index contributed by atoms with van der Waals surface area (Å²) in [4.78, 5) is 35.2. The van der Waals surface area contributed by atoms with Gasteiger partial charge in [0.1, 0.15) is 0 Å². The molecule has 138 valence electrons. The average molecular weight is 433 g/mol. The summed E-state index contributed by atoms with van der Waals surface area (Å²) in [5.41, 5.74) is 0.753. The van der Waals surface area contributed by atoms with Crippen molar-refractivity contribution < 1.29 is 19.2 Å². The molecule has 0 radical (unpaired) electrons. The minimum absolute atomic E-state index is 0.0558. The van der Waals surface area contributed by atoms with Gasteiger partial charge in [0, 0.05) is 22.0 Å². The van der Waals surface area contributed by atoms with Crippen LogP contribution < -0.4 is 5.32 Å². The van der Waals surface area contributed by atoms with Gasteiger partial charge < -0.3 is 10.1 Å². The molecule has 0 aliphatic carbocycles. The monoisotopic (exact) mass is 432 g/mol. The van der Waals surface area contributed by atoms with Crippen molar-refractivity contribution in [2.24, 2.45) is 0 Å². The maximum absolute atomic E-state index is 12.7. The molecule has 3 aromatic rings. The molecule has 2 aromatic carbocycles. The van der Waals surface area contributed by atoms with Gasteiger partial charge >= 0.3 is 5.97 Å². The number of rotatable bonds is 5. The summed E-state index contributed by atoms with van der Waals surface area (Å²) >= 11 is 3.30. The van der Waals surface area contributed by atoms with E-state index in [1.54, 1.807) is 24.3 Å². The maximum Gasteiger partial charge on any atom is 0.333 e. The summed E-state index contributed by atoms with van der Waals surface area (Å²) in [5.74, 6) is -1.32. The number of methoxy groups -OCH3 is 1. The van der Waals surface area contributed by atoms with Crippen LogP contribution >= 0.6 is 15.9 Å². The standard InChI is InChI=1S/C17H13BrN4O5/c1-27-17(24)14(9-2-4-10(18)5-3-9)19-16(23)15-12-8-11(22(25)26)6-7-13(12)20-21-15/h2-8,14H,1H3,(H,19,23)(H,20,21). The highest BCUT2D eigenvalue weighted by molar-refractivity contribution is 9.10. The van der Waals surface area contributed by atoms with Gasteiger partial charge in [0.05, 0.1) is 17.5 Å². The fourth-order valence-electron chi connectivity index (χ4n) is 2.54. The molecule has 3 rings (SSSR count). The lowest BCUT2D eigenvalue weighted by Crippen LogP contribution is -2.34. The molecule has 2 N–H and O–H groups in total. The first kappa shape index (κ1) is 18.5. The molecule has 1 amide bonds. The summed E-state index contributed by atoms with van der Waals surface area (Å²) in [7, 11) is 1.22. The van der Waals surface area contributed by atoms with E-state index in [0.29, 0.717) is 11.1 Å². The SMILES string of the molecule is COC(=O)C(NC(=O)c1n[nH]c2ccc([N+](=O)[O-])cc12)c1ccc(Br)cc1. The first-order chi connectivity index (χ1) is 12.9. The highest BCUT2D eigenvalue weighted by Crippen LogP contribution is 2.23. The molecule has 10 heteroatoms. The molecule has 0 aliphatic heterocycles. The molecule has 0 bridgehead atoms. The number of carbonyl (C=O) groups is 2. The quantitative estimate of drug-likeness (QED) is 0.362. The van der Waals surface area contributed by atoms with Crippen molar-refractivity contribution in [1.82, 2.24) is 15.5 Å². The summed E-state index contributed by atoms with van der Waals surface area (Å²) in [6, 6.07) is 9.75. The van der Waals surface area contributed by atoms with Gasteiger partial charge in [0.25, 0.3) is 11.6 Å². The number of nitro groups is 1. The molecule has 0 fully saturated rings. The fraction of sp³-hybridized carbons (Fsp3) is 0.118. The van der Waals surface area contributed by atoms with E-state index >= 15 is 0 Å². The second-order valence-electron chi connectivity index (χ2n) is 5.54. The summed E-state index contributed by atoms with van der Waals surface area (Å²) < 4.78 is 5.58. The van der Waals surface area contributed by atoms with E-state index in [1.807, 2.05) is 0 Å². The predicted octanol–water partition coefficient (Wildman–Crippen LogP) is 2.88. The number of non-ortho nitro benzene ring substituents is 1. The van der Waals surface area contributed by atoms with Gasteiger partial charge in [0.2, 0.25) is 0 Å². The number of hydrogen-bond acceptors (Lipinski definition) is 6. The number of aromatic nitrogens is 2. The van der Waals surface area contributed by atoms with Gasteiger partial charge in [-0.05, 0) is 23.8 Å². The second kappa shape index (κ2) is 7.54. The smallest absolute Gasteiger partial charge is 0.333 e. The number of amides is 1. The maximum atomic E-state index is 12.7. The van der Waals surface area contributed by atoms with E-state index in [9.17, 15) is 19.7 Å². The molecule has 1 atom stereocenters. The van der Waals surface area contributed by atoms with Crippen molar-refractivity contribution in [1.29, 1.82) is 0 Å². The van der Waals surface area contributed by atoms with Crippen LogP contribution in [0, 0.1) is 10.1 Å². The zero-order valence-electron chi connectivity index (χ0n) is 13.9. The molecule has 1 heterocycles. The number of nitrogens with one attached hydrogen (secondary N) is 2. The molecular formula is C17H13BrN4O5. The van der Waals surface area contributed by atoms with E-state index < -0.39 is 22.8 Å². The lowest BCUT2D eigenvalue weighted by molar-refractivity contribution is -0.384. The molecule has 1 aromatic heterocycles. The van der Waals surface area contributed by atoms with Crippen LogP contribution in [-0.2, 0) is 9.53 Å². The van der Waals surface area contributed by atoms with Crippen LogP contribution in [0.25, 0.3) is 10.9 Å². The number of H-pyrrole nitrogens is 1. The number of nitrogens with zero attached hydrogens (tertiary/aromatic N) is 2. The van der Waals surface area contributed by atoms with Crippen LogP contribution in [-0.4, -0.2) is 34.1 Å². The van der Waals surface area contributed by atoms with E-state index in [2.05, 4.69) is 31.4 Å². The number of esters is 1. The Labute approximate surface area is 161 Å². The third-order valence-corrected chi connectivity index (χ3v) is 4.42. The first-order valence-electron chi connectivity index (χ1n) is 7.67. The van der Waals surface area contributed by atoms with Gasteiger partial charge in [-0.25, -0.2) is 4.79 Å². The fourth-order valence-corrected chi connectivity index (χ4v) is 2.80. The Morgan fingerprint density at radius 2 is 1.96 bits per heavy atom. The highest BCUT2D eigenvalue weighted by atomic mass is 79.9. The average Bonchev–Trinajstić information content (AvgIpc) is 3.09. The number of halogens is 1. The number of nitro benzene ring substituents is 1. The number of fused-ring (bicyclic) bond motifs is 1. The van der Waals surface area contributed by atoms with Crippen LogP contribution in [0.3, 0.4) is 0 Å². The number of ether oxygens (including phenoxy) is 1. The van der Waals surface area contributed by atoms with Crippen molar-refractivity contribution in [3.63, 3.8) is 0 Å². The lowest BCUT2D eigenvalue weighted by atomic mass is 10.1. The van der Waals surface area contributed by atoms with Crippen molar-refractivity contribution in [3.8, 4) is 0 Å². The van der Waals surface area contributed by atoms with Gasteiger partial charge in [0.15, 0.2) is 11.7 Å². The van der Waals surface area contributed by atoms with Gasteiger partial charge in [-0.2, -0.15) is 5.10 Å². The van der Waals surface area contributed by atoms with Crippen LogP contribution in [0.15, 0.2) is 46.9 Å². The van der Waals surface area contributed by atoms with Crippen molar-refractivity contribution in [3.05, 3.63) is 68.3 Å². The molecule has 0 spiro atoms. The number of benzene rings is 2. The largest absolute Gasteiger partial charge is 0.467 e. The Bertz CT molecular complexity index is 1030. The normalized spacial score (nSPS) is 11.8. The molecule has 27 heavy (non-hydrogen) atoms. The lowest BCUT2D eigenvalue weighted by Gasteiger charge is -2.16. The zero-order valence-corrected chi connectivity index (χ0v) is 15.5. The Hall–Kier alpha value is -3.27. The van der Waals surface area contributed by atoms with E-state index in [0.717, 1.165) is 4.47 Å².